The van der Waals surface area contributed by atoms with Crippen molar-refractivity contribution in [1.29, 1.82) is 0 Å². The van der Waals surface area contributed by atoms with Crippen LogP contribution in [-0.4, -0.2) is 12.6 Å². The van der Waals surface area contributed by atoms with Gasteiger partial charge < -0.3 is 5.32 Å². The molecule has 2 rings (SSSR count). The van der Waals surface area contributed by atoms with E-state index in [1.165, 1.54) is 25.7 Å². The summed E-state index contributed by atoms with van der Waals surface area (Å²) in [6.45, 7) is 5.62. The second-order valence-electron chi connectivity index (χ2n) is 5.00. The van der Waals surface area contributed by atoms with Gasteiger partial charge >= 0.3 is 0 Å². The van der Waals surface area contributed by atoms with E-state index in [2.05, 4.69) is 36.7 Å². The van der Waals surface area contributed by atoms with Crippen molar-refractivity contribution in [1.82, 2.24) is 5.32 Å². The molecule has 0 aliphatic heterocycles. The Bertz CT molecular complexity index is 283. The Morgan fingerprint density at radius 2 is 2.13 bits per heavy atom. The lowest BCUT2D eigenvalue weighted by molar-refractivity contribution is 0.393. The summed E-state index contributed by atoms with van der Waals surface area (Å²) in [6, 6.07) is 5.11. The zero-order chi connectivity index (χ0) is 10.7. The van der Waals surface area contributed by atoms with Crippen LogP contribution < -0.4 is 5.32 Å². The molecular formula is C13H21NS. The molecule has 1 saturated carbocycles. The Balaban J connectivity index is 2.10. The minimum Gasteiger partial charge on any atom is -0.314 e. The van der Waals surface area contributed by atoms with Gasteiger partial charge in [-0.25, -0.2) is 0 Å². The molecule has 1 fully saturated rings. The second-order valence-corrected chi connectivity index (χ2v) is 5.95. The first-order valence-corrected chi connectivity index (χ1v) is 6.88. The van der Waals surface area contributed by atoms with Crippen LogP contribution in [0.3, 0.4) is 0 Å². The minimum absolute atomic E-state index is 0.457. The van der Waals surface area contributed by atoms with E-state index in [1.807, 2.05) is 11.3 Å². The molecule has 1 aliphatic carbocycles. The highest BCUT2D eigenvalue weighted by Gasteiger charge is 2.36. The van der Waals surface area contributed by atoms with E-state index in [0.29, 0.717) is 11.5 Å². The van der Waals surface area contributed by atoms with Gasteiger partial charge in [0, 0.05) is 22.9 Å². The molecule has 0 bridgehead atoms. The predicted octanol–water partition coefficient (Wildman–Crippen LogP) is 3.56. The van der Waals surface area contributed by atoms with Crippen LogP contribution in [-0.2, 0) is 5.41 Å². The lowest BCUT2D eigenvalue weighted by Crippen LogP contribution is -2.38. The lowest BCUT2D eigenvalue weighted by atomic mass is 9.84. The maximum Gasteiger partial charge on any atom is 0.0172 e. The van der Waals surface area contributed by atoms with E-state index < -0.39 is 0 Å². The maximum atomic E-state index is 3.62. The highest BCUT2D eigenvalue weighted by Crippen LogP contribution is 2.42. The summed E-state index contributed by atoms with van der Waals surface area (Å²) in [7, 11) is 0. The molecule has 1 aromatic rings. The summed E-state index contributed by atoms with van der Waals surface area (Å²) in [4.78, 5) is 1.59. The Morgan fingerprint density at radius 3 is 2.67 bits per heavy atom. The fourth-order valence-electron chi connectivity index (χ4n) is 2.54. The quantitative estimate of drug-likeness (QED) is 0.823. The average molecular weight is 223 g/mol. The summed E-state index contributed by atoms with van der Waals surface area (Å²) in [6.07, 6.45) is 5.54. The van der Waals surface area contributed by atoms with Crippen LogP contribution in [0.4, 0.5) is 0 Å². The van der Waals surface area contributed by atoms with E-state index in [-0.39, 0.29) is 0 Å². The fourth-order valence-corrected chi connectivity index (χ4v) is 3.53. The van der Waals surface area contributed by atoms with E-state index >= 15 is 0 Å². The average Bonchev–Trinajstić information content (AvgIpc) is 2.86. The molecule has 0 saturated heterocycles. The van der Waals surface area contributed by atoms with Crippen molar-refractivity contribution in [3.63, 3.8) is 0 Å². The molecule has 1 aromatic heterocycles. The molecule has 0 radical (unpaired) electrons. The van der Waals surface area contributed by atoms with Gasteiger partial charge in [0.25, 0.3) is 0 Å². The first-order valence-electron chi connectivity index (χ1n) is 6.00. The highest BCUT2D eigenvalue weighted by atomic mass is 32.1. The van der Waals surface area contributed by atoms with Crippen molar-refractivity contribution < 1.29 is 0 Å². The van der Waals surface area contributed by atoms with Gasteiger partial charge in [-0.2, -0.15) is 0 Å². The smallest absolute Gasteiger partial charge is 0.0172 e. The summed E-state index contributed by atoms with van der Waals surface area (Å²) >= 11 is 1.93. The van der Waals surface area contributed by atoms with Crippen molar-refractivity contribution in [3.05, 3.63) is 22.4 Å². The highest BCUT2D eigenvalue weighted by molar-refractivity contribution is 7.10. The molecule has 1 nitrogen and oxygen atoms in total. The Morgan fingerprint density at radius 1 is 1.40 bits per heavy atom. The van der Waals surface area contributed by atoms with Crippen LogP contribution in [0.2, 0.25) is 0 Å². The van der Waals surface area contributed by atoms with Gasteiger partial charge in [0.1, 0.15) is 0 Å². The van der Waals surface area contributed by atoms with Gasteiger partial charge in [-0.3, -0.25) is 0 Å². The van der Waals surface area contributed by atoms with Crippen molar-refractivity contribution in [3.8, 4) is 0 Å². The first kappa shape index (κ1) is 11.2. The topological polar surface area (TPSA) is 12.0 Å². The van der Waals surface area contributed by atoms with Gasteiger partial charge in [-0.05, 0) is 24.3 Å². The fraction of sp³-hybridized carbons (Fsp3) is 0.692. The third-order valence-electron chi connectivity index (χ3n) is 3.45. The number of hydrogen-bond donors (Lipinski definition) is 1. The van der Waals surface area contributed by atoms with Crippen LogP contribution in [0.15, 0.2) is 17.5 Å². The van der Waals surface area contributed by atoms with Crippen LogP contribution in [0, 0.1) is 0 Å². The monoisotopic (exact) mass is 223 g/mol. The summed E-state index contributed by atoms with van der Waals surface area (Å²) < 4.78 is 0. The maximum absolute atomic E-state index is 3.62. The Kier molecular flexibility index (Phi) is 3.47. The molecule has 0 atom stereocenters. The van der Waals surface area contributed by atoms with Crippen molar-refractivity contribution >= 4 is 11.3 Å². The minimum atomic E-state index is 0.457. The summed E-state index contributed by atoms with van der Waals surface area (Å²) in [5, 5.41) is 5.84. The number of hydrogen-bond acceptors (Lipinski definition) is 2. The van der Waals surface area contributed by atoms with Crippen LogP contribution in [0.1, 0.15) is 44.4 Å². The van der Waals surface area contributed by atoms with Gasteiger partial charge in [0.05, 0.1) is 0 Å². The Hall–Kier alpha value is -0.340. The molecule has 15 heavy (non-hydrogen) atoms. The molecule has 84 valence electrons. The zero-order valence-corrected chi connectivity index (χ0v) is 10.6. The van der Waals surface area contributed by atoms with Crippen molar-refractivity contribution in [2.45, 2.75) is 51.0 Å². The molecule has 2 heteroatoms. The number of nitrogens with one attached hydrogen (secondary N) is 1. The third-order valence-corrected chi connectivity index (χ3v) is 4.57. The van der Waals surface area contributed by atoms with E-state index in [4.69, 9.17) is 0 Å². The van der Waals surface area contributed by atoms with E-state index in [0.717, 1.165) is 6.54 Å². The van der Waals surface area contributed by atoms with Gasteiger partial charge in [-0.15, -0.1) is 11.3 Å². The predicted molar refractivity (Wildman–Crippen MR) is 67.6 cm³/mol. The number of thiophene rings is 1. The third kappa shape index (κ3) is 2.43. The van der Waals surface area contributed by atoms with Gasteiger partial charge in [-0.1, -0.05) is 32.8 Å². The second kappa shape index (κ2) is 4.67. The van der Waals surface area contributed by atoms with Gasteiger partial charge in [0.2, 0.25) is 0 Å². The summed E-state index contributed by atoms with van der Waals surface area (Å²) in [5.41, 5.74) is 0.457. The lowest BCUT2D eigenvalue weighted by Gasteiger charge is -2.29. The van der Waals surface area contributed by atoms with Crippen LogP contribution in [0.5, 0.6) is 0 Å². The molecule has 0 amide bonds. The standard InChI is InChI=1S/C13H21NS/c1-11(2)14-10-13(7-3-4-8-13)12-6-5-9-15-12/h5-6,9,11,14H,3-4,7-8,10H2,1-2H3. The van der Waals surface area contributed by atoms with Crippen LogP contribution in [0.25, 0.3) is 0 Å². The molecule has 1 N–H and O–H groups in total. The molecule has 1 heterocycles. The van der Waals surface area contributed by atoms with Crippen molar-refractivity contribution in [2.75, 3.05) is 6.54 Å². The van der Waals surface area contributed by atoms with E-state index in [1.54, 1.807) is 4.88 Å². The molecular weight excluding hydrogens is 202 g/mol. The van der Waals surface area contributed by atoms with Gasteiger partial charge in [0.15, 0.2) is 0 Å². The summed E-state index contributed by atoms with van der Waals surface area (Å²) in [5.74, 6) is 0. The van der Waals surface area contributed by atoms with Crippen molar-refractivity contribution in [2.24, 2.45) is 0 Å². The normalized spacial score (nSPS) is 19.9. The molecule has 0 aromatic carbocycles. The first-order chi connectivity index (χ1) is 7.23. The largest absolute Gasteiger partial charge is 0.314 e. The van der Waals surface area contributed by atoms with Crippen LogP contribution >= 0.6 is 11.3 Å². The molecule has 0 unspecified atom stereocenters. The zero-order valence-electron chi connectivity index (χ0n) is 9.75. The molecule has 0 spiro atoms. The van der Waals surface area contributed by atoms with E-state index in [9.17, 15) is 0 Å². The number of rotatable bonds is 4. The Labute approximate surface area is 96.9 Å². The SMILES string of the molecule is CC(C)NCC1(c2cccs2)CCCC1. The molecule has 1 aliphatic rings.